The predicted octanol–water partition coefficient (Wildman–Crippen LogP) is -5.61. The molecule has 0 bridgehead atoms. The first-order valence-corrected chi connectivity index (χ1v) is 37.2. The van der Waals surface area contributed by atoms with Gasteiger partial charge in [0.1, 0.15) is 72.6 Å². The number of nitrogens with zero attached hydrogens (tertiary/aromatic N) is 1. The second kappa shape index (κ2) is 47.7. The lowest BCUT2D eigenvalue weighted by molar-refractivity contribution is -0.156. The molecule has 3 aromatic rings. The largest absolute Gasteiger partial charge is 0.481 e. The van der Waals surface area contributed by atoms with Gasteiger partial charge >= 0.3 is 29.8 Å². The zero-order valence-corrected chi connectivity index (χ0v) is 64.5. The lowest BCUT2D eigenvalue weighted by atomic mass is 9.96. The summed E-state index contributed by atoms with van der Waals surface area (Å²) in [5, 5.41) is 78.8. The maximum Gasteiger partial charge on any atom is 0.329 e. The second-order valence-electron chi connectivity index (χ2n) is 27.7. The van der Waals surface area contributed by atoms with Crippen LogP contribution in [0, 0.1) is 5.92 Å². The molecule has 13 atom stereocenters. The number of cyclic esters (lactones) is 1. The molecular formula is C73H103N17O26. The van der Waals surface area contributed by atoms with Crippen molar-refractivity contribution < 1.29 is 126 Å². The minimum Gasteiger partial charge on any atom is -0.481 e. The molecule has 1 saturated heterocycles. The highest BCUT2D eigenvalue weighted by molar-refractivity contribution is 6.05. The number of aliphatic hydroxyl groups is 1. The van der Waals surface area contributed by atoms with E-state index >= 15 is 0 Å². The molecule has 24 N–H and O–H groups in total. The molecule has 14 amide bonds. The number of para-hydroxylation sites is 2. The average Bonchev–Trinajstić information content (AvgIpc) is 1.67. The van der Waals surface area contributed by atoms with Gasteiger partial charge in [-0.2, -0.15) is 0 Å². The number of carboxylic acids is 4. The van der Waals surface area contributed by atoms with Gasteiger partial charge in [-0.3, -0.25) is 91.1 Å². The number of hydrogen-bond acceptors (Lipinski definition) is 24. The van der Waals surface area contributed by atoms with Gasteiger partial charge in [0, 0.05) is 54.7 Å². The zero-order valence-electron chi connectivity index (χ0n) is 64.5. The Morgan fingerprint density at radius 1 is 0.560 bits per heavy atom. The Morgan fingerprint density at radius 3 is 1.69 bits per heavy atom. The Hall–Kier alpha value is -12.7. The number of carbonyl (C=O) groups is 20. The third-order valence-electron chi connectivity index (χ3n) is 18.2. The summed E-state index contributed by atoms with van der Waals surface area (Å²) in [5.41, 5.74) is 18.2. The number of fused-ring (bicyclic) bond motifs is 1. The number of Topliss-reactive ketones (excluding diaryl/α,β-unsaturated/α-hetero) is 1. The van der Waals surface area contributed by atoms with Crippen LogP contribution in [0.1, 0.15) is 146 Å². The van der Waals surface area contributed by atoms with E-state index in [4.69, 9.17) is 21.9 Å². The van der Waals surface area contributed by atoms with Crippen molar-refractivity contribution in [1.82, 2.24) is 73.7 Å². The van der Waals surface area contributed by atoms with Gasteiger partial charge < -0.3 is 121 Å². The summed E-state index contributed by atoms with van der Waals surface area (Å²) in [4.78, 5) is 273. The normalized spacial score (nSPS) is 21.1. The molecule has 1 fully saturated rings. The summed E-state index contributed by atoms with van der Waals surface area (Å²) >= 11 is 0. The van der Waals surface area contributed by atoms with Crippen LogP contribution in [0.25, 0.3) is 10.9 Å². The Morgan fingerprint density at radius 2 is 1.09 bits per heavy atom. The number of primary amides is 1. The highest BCUT2D eigenvalue weighted by Crippen LogP contribution is 2.23. The van der Waals surface area contributed by atoms with Crippen LogP contribution in [0.2, 0.25) is 0 Å². The molecule has 0 unspecified atom stereocenters. The molecular weight excluding hydrogens is 1530 g/mol. The Labute approximate surface area is 664 Å². The van der Waals surface area contributed by atoms with E-state index in [1.165, 1.54) is 24.3 Å². The van der Waals surface area contributed by atoms with E-state index in [0.29, 0.717) is 23.8 Å². The molecule has 0 radical (unpaired) electrons. The third-order valence-corrected chi connectivity index (χ3v) is 18.2. The highest BCUT2D eigenvalue weighted by atomic mass is 16.5. The number of ketones is 1. The van der Waals surface area contributed by atoms with Crippen LogP contribution in [0.5, 0.6) is 0 Å². The Kier molecular flexibility index (Phi) is 39.4. The molecule has 0 saturated carbocycles. The van der Waals surface area contributed by atoms with E-state index in [2.05, 4.69) is 60.1 Å². The van der Waals surface area contributed by atoms with Gasteiger partial charge in [-0.25, -0.2) is 4.79 Å². The van der Waals surface area contributed by atoms with Crippen LogP contribution in [0.4, 0.5) is 5.69 Å². The fourth-order valence-electron chi connectivity index (χ4n) is 12.0. The summed E-state index contributed by atoms with van der Waals surface area (Å²) < 4.78 is 7.45. The number of aromatic nitrogens is 1. The number of unbranched alkanes of at least 4 members (excludes halogenated alkanes) is 6. The molecule has 1 aliphatic heterocycles. The smallest absolute Gasteiger partial charge is 0.329 e. The van der Waals surface area contributed by atoms with E-state index in [0.717, 1.165) is 58.4 Å². The van der Waals surface area contributed by atoms with Gasteiger partial charge in [0.25, 0.3) is 0 Å². The average molecular weight is 1630 g/mol. The van der Waals surface area contributed by atoms with Crippen LogP contribution < -0.4 is 86.3 Å². The lowest BCUT2D eigenvalue weighted by Crippen LogP contribution is -2.62. The molecule has 116 heavy (non-hydrogen) atoms. The molecule has 1 aromatic heterocycles. The summed E-state index contributed by atoms with van der Waals surface area (Å²) in [6, 6.07) is -10.4. The van der Waals surface area contributed by atoms with Crippen LogP contribution in [-0.2, 0) is 109 Å². The number of aryl methyl sites for hydroxylation is 1. The van der Waals surface area contributed by atoms with Crippen molar-refractivity contribution in [2.45, 2.75) is 209 Å². The first-order valence-electron chi connectivity index (χ1n) is 37.2. The summed E-state index contributed by atoms with van der Waals surface area (Å²) in [5.74, 6) is -29.7. The van der Waals surface area contributed by atoms with E-state index in [1.54, 1.807) is 42.1 Å². The SMILES string of the molecule is CCCCCCCCCC(=O)N[C@@H](Cc1cn(C)c2ccccc12)C(=O)N[C@@H](CC(N)=O)C(=O)N[C@@H](CC(=O)O)C(=O)N[C@@H]1C(=O)NCC(=O)N[C@@H](CCCN)C(=O)N[C@@H](CC(=O)O)C(=O)N[C@H](C)C(=O)N[C@@H](CC(=O)O)C(=O)NCC(=O)N[C@H](CO)C(=O)N[C@@H]([C@H](C)CC(=O)O)C(=O)N[C@@H](CC(=O)c2ccccc2N)C(=O)O[C@@H]1C. The van der Waals surface area contributed by atoms with Gasteiger partial charge in [0.2, 0.25) is 82.7 Å². The summed E-state index contributed by atoms with van der Waals surface area (Å²) in [7, 11) is 1.74. The van der Waals surface area contributed by atoms with E-state index in [-0.39, 0.29) is 37.1 Å². The van der Waals surface area contributed by atoms with E-state index in [9.17, 15) is 121 Å². The summed E-state index contributed by atoms with van der Waals surface area (Å²) in [6.45, 7) is 1.12. The van der Waals surface area contributed by atoms with Crippen molar-refractivity contribution in [2.75, 3.05) is 32.0 Å². The second-order valence-corrected chi connectivity index (χ2v) is 27.7. The monoisotopic (exact) mass is 1630 g/mol. The molecule has 1 aliphatic rings. The van der Waals surface area contributed by atoms with Crippen LogP contribution in [-0.4, -0.2) is 247 Å². The van der Waals surface area contributed by atoms with Gasteiger partial charge in [-0.1, -0.05) is 82.7 Å². The van der Waals surface area contributed by atoms with Crippen LogP contribution >= 0.6 is 0 Å². The molecule has 2 heterocycles. The van der Waals surface area contributed by atoms with Crippen molar-refractivity contribution in [3.8, 4) is 0 Å². The number of benzene rings is 2. The Balaban J connectivity index is 1.88. The Bertz CT molecular complexity index is 4100. The number of nitrogens with one attached hydrogen (secondary N) is 13. The molecule has 2 aromatic carbocycles. The molecule has 0 spiro atoms. The number of nitrogens with two attached hydrogens (primary N) is 3. The minimum atomic E-state index is -2.45. The number of carbonyl (C=O) groups excluding carboxylic acids is 16. The standard InChI is InChI=1S/C73H103N17O26/c1-6-7-8-9-10-11-12-23-54(94)81-44(26-39-34-90(5)51-22-16-14-18-40(39)51)67(109)84-45(28-53(76)93)68(110)86-48(31-60(103)104)69(111)89-62-38(4)116-73(115)49(27-52(92)41-19-13-15-20-42(41)75)87-72(114)61(36(2)25-57(97)98)88-70(112)50(35-91)82-56(96)32-77-64(106)46(29-58(99)100)83-63(105)37(3)79-66(108)47(30-59(101)102)85-65(107)43(21-17-24-74)80-55(95)33-78-71(62)113/h13-16,18-20,22,34,36-38,43-50,61-62,91H,6-12,17,21,23-33,35,74-75H2,1-5H3,(H2,76,93)(H,77,106)(H,78,113)(H,79,108)(H,80,95)(H,81,94)(H,82,96)(H,83,105)(H,84,109)(H,85,107)(H,86,110)(H,87,114)(H,88,112)(H,89,111)(H,97,98)(H,99,100)(H,101,102)(H,103,104)/t36-,37-,38-,43+,44+,45+,46+,47+,48+,49+,50-,61+,62+/m1/s1. The number of carboxylic acid groups (broad SMARTS) is 4. The van der Waals surface area contributed by atoms with Gasteiger partial charge in [0.15, 0.2) is 5.78 Å². The van der Waals surface area contributed by atoms with Gasteiger partial charge in [-0.15, -0.1) is 0 Å². The molecule has 43 nitrogen and oxygen atoms in total. The molecule has 4 rings (SSSR count). The zero-order chi connectivity index (χ0) is 86.6. The maximum atomic E-state index is 14.9. The maximum absolute atomic E-state index is 14.9. The number of ether oxygens (including phenoxy) is 1. The fraction of sp³-hybridized carbons (Fsp3) is 0.534. The van der Waals surface area contributed by atoms with Crippen LogP contribution in [0.3, 0.4) is 0 Å². The number of rotatable bonds is 35. The molecule has 0 aliphatic carbocycles. The number of aliphatic hydroxyl groups excluding tert-OH is 1. The van der Waals surface area contributed by atoms with E-state index < -0.39 is 261 Å². The summed E-state index contributed by atoms with van der Waals surface area (Å²) in [6.07, 6.45) is -2.19. The highest BCUT2D eigenvalue weighted by Gasteiger charge is 2.41. The predicted molar refractivity (Wildman–Crippen MR) is 405 cm³/mol. The number of aliphatic carboxylic acids is 4. The van der Waals surface area contributed by atoms with Crippen LogP contribution in [0.15, 0.2) is 54.7 Å². The quantitative estimate of drug-likeness (QED) is 0.0113. The van der Waals surface area contributed by atoms with Crippen molar-refractivity contribution >= 4 is 135 Å². The number of amides is 14. The lowest BCUT2D eigenvalue weighted by Gasteiger charge is -2.30. The first-order chi connectivity index (χ1) is 54.8. The fourth-order valence-corrected chi connectivity index (χ4v) is 12.0. The van der Waals surface area contributed by atoms with Crippen molar-refractivity contribution in [2.24, 2.45) is 24.4 Å². The van der Waals surface area contributed by atoms with Gasteiger partial charge in [0.05, 0.1) is 51.8 Å². The first kappa shape index (κ1) is 95.7. The number of hydrogen-bond donors (Lipinski definition) is 21. The van der Waals surface area contributed by atoms with Crippen molar-refractivity contribution in [3.63, 3.8) is 0 Å². The van der Waals surface area contributed by atoms with Gasteiger partial charge in [-0.05, 0) is 69.3 Å². The number of anilines is 1. The van der Waals surface area contributed by atoms with E-state index in [1.807, 2.05) is 16.0 Å². The number of esters is 1. The third kappa shape index (κ3) is 32.1. The van der Waals surface area contributed by atoms with Crippen molar-refractivity contribution in [1.29, 1.82) is 0 Å². The minimum absolute atomic E-state index is 0.0170. The molecule has 636 valence electrons. The van der Waals surface area contributed by atoms with Crippen molar-refractivity contribution in [3.05, 3.63) is 65.9 Å². The topological polar surface area (TPSA) is 691 Å². The molecule has 43 heteroatoms. The number of nitrogen functional groups attached to an aromatic ring is 1.